The van der Waals surface area contributed by atoms with Crippen molar-refractivity contribution in [1.29, 1.82) is 0 Å². The molecule has 1 unspecified atom stereocenters. The summed E-state index contributed by atoms with van der Waals surface area (Å²) in [5, 5.41) is 0. The van der Waals surface area contributed by atoms with Gasteiger partial charge in [-0.15, -0.1) is 0 Å². The molecule has 1 heterocycles. The highest BCUT2D eigenvalue weighted by molar-refractivity contribution is 5.83. The van der Waals surface area contributed by atoms with Crippen LogP contribution >= 0.6 is 0 Å². The van der Waals surface area contributed by atoms with Gasteiger partial charge in [-0.1, -0.05) is 49.7 Å². The van der Waals surface area contributed by atoms with E-state index in [0.717, 1.165) is 35.5 Å². The predicted molar refractivity (Wildman–Crippen MR) is 93.1 cm³/mol. The van der Waals surface area contributed by atoms with Gasteiger partial charge in [-0.3, -0.25) is 4.79 Å². The Morgan fingerprint density at radius 1 is 1.12 bits per heavy atom. The third kappa shape index (κ3) is 3.53. The summed E-state index contributed by atoms with van der Waals surface area (Å²) in [4.78, 5) is 14.7. The third-order valence-corrected chi connectivity index (χ3v) is 4.31. The fraction of sp³-hybridized carbons (Fsp3) is 0.350. The number of likely N-dealkylation sites (N-methyl/N-ethyl adjacent to an activating group) is 1. The van der Waals surface area contributed by atoms with Crippen molar-refractivity contribution in [3.8, 4) is 11.5 Å². The van der Waals surface area contributed by atoms with Crippen molar-refractivity contribution < 1.29 is 14.3 Å². The lowest BCUT2D eigenvalue weighted by atomic mass is 9.93. The van der Waals surface area contributed by atoms with E-state index in [0.29, 0.717) is 6.54 Å². The molecule has 2 aromatic carbocycles. The number of amides is 1. The second-order valence-electron chi connectivity index (χ2n) is 6.13. The van der Waals surface area contributed by atoms with Crippen LogP contribution in [0.4, 0.5) is 0 Å². The van der Waals surface area contributed by atoms with Crippen LogP contribution in [0.5, 0.6) is 11.5 Å². The first-order chi connectivity index (χ1) is 11.7. The average Bonchev–Trinajstić information content (AvgIpc) is 3.07. The molecule has 2 aromatic rings. The number of benzene rings is 2. The van der Waals surface area contributed by atoms with Gasteiger partial charge in [0.2, 0.25) is 12.7 Å². The second-order valence-corrected chi connectivity index (χ2v) is 6.13. The zero-order valence-electron chi connectivity index (χ0n) is 14.2. The van der Waals surface area contributed by atoms with E-state index >= 15 is 0 Å². The summed E-state index contributed by atoms with van der Waals surface area (Å²) >= 11 is 0. The molecule has 126 valence electrons. The quantitative estimate of drug-likeness (QED) is 0.807. The number of fused-ring (bicyclic) bond motifs is 1. The van der Waals surface area contributed by atoms with E-state index in [2.05, 4.69) is 6.92 Å². The Morgan fingerprint density at radius 3 is 2.62 bits per heavy atom. The average molecular weight is 325 g/mol. The second kappa shape index (κ2) is 7.39. The van der Waals surface area contributed by atoms with Gasteiger partial charge in [-0.05, 0) is 29.7 Å². The van der Waals surface area contributed by atoms with Crippen molar-refractivity contribution >= 4 is 5.91 Å². The maximum absolute atomic E-state index is 12.9. The normalized spacial score (nSPS) is 13.6. The number of hydrogen-bond donors (Lipinski definition) is 0. The summed E-state index contributed by atoms with van der Waals surface area (Å²) in [5.41, 5.74) is 2.13. The fourth-order valence-electron chi connectivity index (χ4n) is 3.06. The molecule has 0 bridgehead atoms. The van der Waals surface area contributed by atoms with Crippen molar-refractivity contribution in [2.75, 3.05) is 13.8 Å². The SMILES string of the molecule is CCCC(C(=O)N(C)Cc1ccc2c(c1)OCO2)c1ccccc1. The van der Waals surface area contributed by atoms with E-state index in [9.17, 15) is 4.79 Å². The van der Waals surface area contributed by atoms with Crippen LogP contribution in [0.2, 0.25) is 0 Å². The van der Waals surface area contributed by atoms with Crippen LogP contribution < -0.4 is 9.47 Å². The first-order valence-electron chi connectivity index (χ1n) is 8.37. The van der Waals surface area contributed by atoms with Gasteiger partial charge in [0.05, 0.1) is 5.92 Å². The highest BCUT2D eigenvalue weighted by Crippen LogP contribution is 2.33. The van der Waals surface area contributed by atoms with E-state index in [-0.39, 0.29) is 18.6 Å². The Morgan fingerprint density at radius 2 is 1.88 bits per heavy atom. The summed E-state index contributed by atoms with van der Waals surface area (Å²) < 4.78 is 10.7. The Kier molecular flexibility index (Phi) is 5.04. The van der Waals surface area contributed by atoms with Crippen molar-refractivity contribution in [3.05, 3.63) is 59.7 Å². The van der Waals surface area contributed by atoms with Crippen LogP contribution in [0.1, 0.15) is 36.8 Å². The Balaban J connectivity index is 1.73. The Hall–Kier alpha value is -2.49. The lowest BCUT2D eigenvalue weighted by Gasteiger charge is -2.24. The Labute approximate surface area is 143 Å². The maximum atomic E-state index is 12.9. The minimum Gasteiger partial charge on any atom is -0.454 e. The van der Waals surface area contributed by atoms with Crippen LogP contribution in [-0.2, 0) is 11.3 Å². The van der Waals surface area contributed by atoms with Crippen LogP contribution in [0, 0.1) is 0 Å². The van der Waals surface area contributed by atoms with Gasteiger partial charge < -0.3 is 14.4 Å². The van der Waals surface area contributed by atoms with Gasteiger partial charge >= 0.3 is 0 Å². The number of carbonyl (C=O) groups excluding carboxylic acids is 1. The molecule has 1 aliphatic rings. The molecule has 3 rings (SSSR count). The summed E-state index contributed by atoms with van der Waals surface area (Å²) in [6.45, 7) is 2.93. The molecule has 0 radical (unpaired) electrons. The molecule has 0 saturated carbocycles. The molecule has 4 nitrogen and oxygen atoms in total. The van der Waals surface area contributed by atoms with Crippen LogP contribution in [0.25, 0.3) is 0 Å². The summed E-state index contributed by atoms with van der Waals surface area (Å²) in [6.07, 6.45) is 1.83. The highest BCUT2D eigenvalue weighted by Gasteiger charge is 2.23. The minimum absolute atomic E-state index is 0.0878. The van der Waals surface area contributed by atoms with Crippen LogP contribution in [-0.4, -0.2) is 24.6 Å². The topological polar surface area (TPSA) is 38.8 Å². The third-order valence-electron chi connectivity index (χ3n) is 4.31. The first-order valence-corrected chi connectivity index (χ1v) is 8.37. The largest absolute Gasteiger partial charge is 0.454 e. The van der Waals surface area contributed by atoms with E-state index < -0.39 is 0 Å². The summed E-state index contributed by atoms with van der Waals surface area (Å²) in [5.74, 6) is 1.58. The molecule has 1 aliphatic heterocycles. The minimum atomic E-state index is -0.0878. The predicted octanol–water partition coefficient (Wildman–Crippen LogP) is 3.96. The molecule has 0 aromatic heterocycles. The smallest absolute Gasteiger partial charge is 0.231 e. The standard InChI is InChI=1S/C20H23NO3/c1-3-7-17(16-8-5-4-6-9-16)20(22)21(2)13-15-10-11-18-19(12-15)24-14-23-18/h4-6,8-12,17H,3,7,13-14H2,1-2H3. The van der Waals surface area contributed by atoms with E-state index in [1.807, 2.05) is 55.6 Å². The lowest BCUT2D eigenvalue weighted by Crippen LogP contribution is -2.31. The van der Waals surface area contributed by atoms with E-state index in [1.54, 1.807) is 4.90 Å². The molecule has 0 fully saturated rings. The fourth-order valence-corrected chi connectivity index (χ4v) is 3.06. The molecule has 0 aliphatic carbocycles. The van der Waals surface area contributed by atoms with E-state index in [1.165, 1.54) is 0 Å². The number of hydrogen-bond acceptors (Lipinski definition) is 3. The van der Waals surface area contributed by atoms with Gasteiger partial charge in [0.1, 0.15) is 0 Å². The van der Waals surface area contributed by atoms with Crippen molar-refractivity contribution in [1.82, 2.24) is 4.90 Å². The molecule has 0 saturated heterocycles. The summed E-state index contributed by atoms with van der Waals surface area (Å²) in [6, 6.07) is 15.9. The monoisotopic (exact) mass is 325 g/mol. The lowest BCUT2D eigenvalue weighted by molar-refractivity contribution is -0.132. The van der Waals surface area contributed by atoms with Gasteiger partial charge in [-0.25, -0.2) is 0 Å². The number of nitrogens with zero attached hydrogens (tertiary/aromatic N) is 1. The zero-order chi connectivity index (χ0) is 16.9. The summed E-state index contributed by atoms with van der Waals surface area (Å²) in [7, 11) is 1.86. The van der Waals surface area contributed by atoms with Gasteiger partial charge in [-0.2, -0.15) is 0 Å². The van der Waals surface area contributed by atoms with Crippen molar-refractivity contribution in [3.63, 3.8) is 0 Å². The van der Waals surface area contributed by atoms with Crippen molar-refractivity contribution in [2.45, 2.75) is 32.2 Å². The maximum Gasteiger partial charge on any atom is 0.231 e. The Bertz CT molecular complexity index is 699. The number of carbonyl (C=O) groups is 1. The highest BCUT2D eigenvalue weighted by atomic mass is 16.7. The number of ether oxygens (including phenoxy) is 2. The molecular weight excluding hydrogens is 302 g/mol. The molecule has 0 N–H and O–H groups in total. The first kappa shape index (κ1) is 16.4. The molecule has 1 amide bonds. The molecule has 0 spiro atoms. The van der Waals surface area contributed by atoms with Crippen molar-refractivity contribution in [2.24, 2.45) is 0 Å². The molecule has 4 heteroatoms. The van der Waals surface area contributed by atoms with Gasteiger partial charge in [0.15, 0.2) is 11.5 Å². The zero-order valence-corrected chi connectivity index (χ0v) is 14.2. The van der Waals surface area contributed by atoms with E-state index in [4.69, 9.17) is 9.47 Å². The molecular formula is C20H23NO3. The van der Waals surface area contributed by atoms with Crippen LogP contribution in [0.15, 0.2) is 48.5 Å². The van der Waals surface area contributed by atoms with Gasteiger partial charge in [0.25, 0.3) is 0 Å². The van der Waals surface area contributed by atoms with Crippen LogP contribution in [0.3, 0.4) is 0 Å². The molecule has 24 heavy (non-hydrogen) atoms. The van der Waals surface area contributed by atoms with Gasteiger partial charge in [0, 0.05) is 13.6 Å². The molecule has 1 atom stereocenters. The number of rotatable bonds is 6.